The molecule has 1 aromatic heterocycles. The highest BCUT2D eigenvalue weighted by atomic mass is 16.6. The number of carbonyl (C=O) groups excluding carboxylic acids is 4. The zero-order valence-corrected chi connectivity index (χ0v) is 40.8. The van der Waals surface area contributed by atoms with Crippen LogP contribution in [0.2, 0.25) is 0 Å². The molecular weight excluding hydrogens is 915 g/mol. The van der Waals surface area contributed by atoms with Crippen molar-refractivity contribution in [2.75, 3.05) is 117 Å². The molecule has 3 N–H and O–H groups in total. The van der Waals surface area contributed by atoms with E-state index < -0.39 is 17.5 Å². The molecule has 0 fully saturated rings. The van der Waals surface area contributed by atoms with Crippen LogP contribution in [0.25, 0.3) is 11.4 Å². The number of carbonyl (C=O) groups is 4. The third-order valence-corrected chi connectivity index (χ3v) is 11.5. The van der Waals surface area contributed by atoms with E-state index >= 15 is 0 Å². The molecule has 0 saturated carbocycles. The molecule has 0 bridgehead atoms. The Morgan fingerprint density at radius 2 is 1.07 bits per heavy atom. The summed E-state index contributed by atoms with van der Waals surface area (Å²) in [6.45, 7) is 6.00. The van der Waals surface area contributed by atoms with E-state index in [0.29, 0.717) is 99.2 Å². The van der Waals surface area contributed by atoms with Crippen molar-refractivity contribution in [1.29, 1.82) is 0 Å². The number of nitrogens with zero attached hydrogens (tertiary/aromatic N) is 6. The highest BCUT2D eigenvalue weighted by Gasteiger charge is 2.54. The fraction of sp³-hybridized carbons (Fsp3) is 0.412. The van der Waals surface area contributed by atoms with Gasteiger partial charge in [-0.25, -0.2) is 4.79 Å². The molecule has 0 saturated heterocycles. The second kappa shape index (κ2) is 25.1. The molecule has 0 radical (unpaired) electrons. The molecule has 20 heteroatoms. The van der Waals surface area contributed by atoms with Gasteiger partial charge >= 0.3 is 5.97 Å². The summed E-state index contributed by atoms with van der Waals surface area (Å²) in [5.74, 6) is 0.826. The Hall–Kier alpha value is -7.10. The Morgan fingerprint density at radius 1 is 0.577 bits per heavy atom. The first-order chi connectivity index (χ1) is 34.4. The maximum absolute atomic E-state index is 13.6. The molecule has 2 aliphatic rings. The number of aromatic nitrogens is 4. The van der Waals surface area contributed by atoms with E-state index in [0.717, 1.165) is 22.5 Å². The van der Waals surface area contributed by atoms with Gasteiger partial charge in [0.2, 0.25) is 17.6 Å². The lowest BCUT2D eigenvalue weighted by atomic mass is 9.77. The number of ether oxygens (including phenoxy) is 7. The summed E-state index contributed by atoms with van der Waals surface area (Å²) in [6, 6.07) is 24.1. The monoisotopic (exact) mass is 975 g/mol. The predicted molar refractivity (Wildman–Crippen MR) is 262 cm³/mol. The molecule has 0 unspecified atom stereocenters. The Morgan fingerprint density at radius 3 is 1.61 bits per heavy atom. The molecule has 71 heavy (non-hydrogen) atoms. The van der Waals surface area contributed by atoms with Crippen LogP contribution in [0.3, 0.4) is 0 Å². The first-order valence-corrected chi connectivity index (χ1v) is 23.5. The van der Waals surface area contributed by atoms with E-state index in [1.54, 1.807) is 25.1 Å². The number of esters is 1. The van der Waals surface area contributed by atoms with Crippen LogP contribution in [0.4, 0.5) is 11.4 Å². The normalized spacial score (nSPS) is 12.8. The maximum Gasteiger partial charge on any atom is 0.340 e. The summed E-state index contributed by atoms with van der Waals surface area (Å²) in [5, 5.41) is 24.4. The maximum atomic E-state index is 13.6. The van der Waals surface area contributed by atoms with Gasteiger partial charge in [0, 0.05) is 112 Å². The molecular formula is C51H61N9O11. The summed E-state index contributed by atoms with van der Waals surface area (Å²) in [5.41, 5.74) is 4.89. The minimum Gasteiger partial charge on any atom is -0.456 e. The third-order valence-electron chi connectivity index (χ3n) is 11.5. The van der Waals surface area contributed by atoms with Gasteiger partial charge in [0.15, 0.2) is 11.4 Å². The Balaban J connectivity index is 0.691. The topological polar surface area (TPSA) is 227 Å². The fourth-order valence-electron chi connectivity index (χ4n) is 7.74. The van der Waals surface area contributed by atoms with Crippen molar-refractivity contribution in [1.82, 2.24) is 36.3 Å². The quantitative estimate of drug-likeness (QED) is 0.0500. The molecule has 3 amide bonds. The van der Waals surface area contributed by atoms with Crippen LogP contribution in [0, 0.1) is 6.92 Å². The zero-order valence-electron chi connectivity index (χ0n) is 40.8. The van der Waals surface area contributed by atoms with Gasteiger partial charge in [0.1, 0.15) is 11.5 Å². The first-order valence-electron chi connectivity index (χ1n) is 23.5. The minimum atomic E-state index is -1.27. The molecule has 4 aromatic carbocycles. The van der Waals surface area contributed by atoms with E-state index in [1.807, 2.05) is 98.7 Å². The van der Waals surface area contributed by atoms with Crippen LogP contribution in [-0.2, 0) is 50.2 Å². The van der Waals surface area contributed by atoms with Crippen molar-refractivity contribution in [2.24, 2.45) is 0 Å². The number of rotatable bonds is 27. The number of nitrogens with one attached hydrogen (secondary N) is 3. The smallest absolute Gasteiger partial charge is 0.340 e. The molecule has 0 atom stereocenters. The van der Waals surface area contributed by atoms with Crippen LogP contribution in [0.15, 0.2) is 78.9 Å². The number of aryl methyl sites for hydroxylation is 1. The van der Waals surface area contributed by atoms with Gasteiger partial charge in [-0.15, -0.1) is 20.4 Å². The SMILES string of the molecule is Cc1nnc(-c2ccc(CNC(=O)CCOCCOCCOCCOCCOCCC(=O)NCCNC(=O)c3ccc4c(c3)C(=O)OC43c4ccc(N(C)C)cc4Oc4cc(N(C)C)ccc43)cc2)nn1. The second-order valence-corrected chi connectivity index (χ2v) is 17.0. The predicted octanol–water partition coefficient (Wildman–Crippen LogP) is 3.97. The number of fused-ring (bicyclic) bond motifs is 6. The Bertz CT molecular complexity index is 2560. The van der Waals surface area contributed by atoms with Gasteiger partial charge in [0.05, 0.1) is 71.6 Å². The van der Waals surface area contributed by atoms with Crippen molar-refractivity contribution < 1.29 is 52.3 Å². The number of amides is 3. The number of benzene rings is 4. The minimum absolute atomic E-state index is 0.110. The molecule has 1 spiro atoms. The summed E-state index contributed by atoms with van der Waals surface area (Å²) in [7, 11) is 7.77. The van der Waals surface area contributed by atoms with Gasteiger partial charge in [-0.1, -0.05) is 30.3 Å². The van der Waals surface area contributed by atoms with E-state index in [4.69, 9.17) is 33.2 Å². The standard InChI is InChI=1S/C51H61N9O11/c1-34-55-57-48(58-56-34)36-8-6-35(7-9-36)33-54-47(62)17-21-66-23-25-68-27-29-69-28-26-67-24-22-65-20-16-46(61)52-18-19-53-49(63)37-10-13-41-40(30-37)50(64)71-51(41)42-14-11-38(59(2)3)31-44(42)70-45-32-39(60(4)5)12-15-43(45)51/h6-15,30-32H,16-29,33H2,1-5H3,(H,52,61)(H,53,63)(H,54,62). The van der Waals surface area contributed by atoms with E-state index in [1.165, 1.54) is 0 Å². The molecule has 20 nitrogen and oxygen atoms in total. The van der Waals surface area contributed by atoms with Crippen LogP contribution in [0.1, 0.15) is 61.6 Å². The molecule has 2 aliphatic heterocycles. The van der Waals surface area contributed by atoms with Crippen molar-refractivity contribution >= 4 is 35.1 Å². The molecule has 7 rings (SSSR count). The van der Waals surface area contributed by atoms with Crippen LogP contribution in [0.5, 0.6) is 11.5 Å². The molecule has 3 heterocycles. The van der Waals surface area contributed by atoms with Crippen molar-refractivity contribution in [2.45, 2.75) is 31.9 Å². The van der Waals surface area contributed by atoms with Gasteiger partial charge < -0.3 is 58.9 Å². The number of hydrogen-bond donors (Lipinski definition) is 3. The first kappa shape index (κ1) is 51.7. The summed E-state index contributed by atoms with van der Waals surface area (Å²) in [6.07, 6.45) is 0.389. The fourth-order valence-corrected chi connectivity index (χ4v) is 7.74. The van der Waals surface area contributed by atoms with Gasteiger partial charge in [0.25, 0.3) is 5.91 Å². The number of hydrogen-bond acceptors (Lipinski definition) is 17. The molecule has 5 aromatic rings. The van der Waals surface area contributed by atoms with Gasteiger partial charge in [-0.3, -0.25) is 14.4 Å². The lowest BCUT2D eigenvalue weighted by Gasteiger charge is -2.37. The average Bonchev–Trinajstić information content (AvgIpc) is 3.66. The highest BCUT2D eigenvalue weighted by Crippen LogP contribution is 2.57. The van der Waals surface area contributed by atoms with Crippen molar-refractivity contribution in [3.8, 4) is 22.9 Å². The van der Waals surface area contributed by atoms with Crippen LogP contribution < -0.4 is 30.5 Å². The largest absolute Gasteiger partial charge is 0.456 e. The Kier molecular flexibility index (Phi) is 18.3. The van der Waals surface area contributed by atoms with Gasteiger partial charge in [-0.2, -0.15) is 0 Å². The lowest BCUT2D eigenvalue weighted by molar-refractivity contribution is -0.123. The molecule has 0 aliphatic carbocycles. The van der Waals surface area contributed by atoms with E-state index in [2.05, 4.69) is 36.3 Å². The zero-order chi connectivity index (χ0) is 50.2. The highest BCUT2D eigenvalue weighted by molar-refractivity contribution is 6.01. The lowest BCUT2D eigenvalue weighted by Crippen LogP contribution is -2.35. The van der Waals surface area contributed by atoms with Crippen LogP contribution >= 0.6 is 0 Å². The second-order valence-electron chi connectivity index (χ2n) is 17.0. The van der Waals surface area contributed by atoms with Crippen molar-refractivity contribution in [3.05, 3.63) is 118 Å². The number of anilines is 2. The van der Waals surface area contributed by atoms with Gasteiger partial charge in [-0.05, 0) is 48.9 Å². The Labute approximate surface area is 412 Å². The average molecular weight is 976 g/mol. The summed E-state index contributed by atoms with van der Waals surface area (Å²) < 4.78 is 40.3. The van der Waals surface area contributed by atoms with Crippen molar-refractivity contribution in [3.63, 3.8) is 0 Å². The van der Waals surface area contributed by atoms with E-state index in [-0.39, 0.29) is 62.1 Å². The third kappa shape index (κ3) is 13.6. The summed E-state index contributed by atoms with van der Waals surface area (Å²) in [4.78, 5) is 55.4. The van der Waals surface area contributed by atoms with E-state index in [9.17, 15) is 19.2 Å². The van der Waals surface area contributed by atoms with Crippen LogP contribution in [-0.4, -0.2) is 151 Å². The summed E-state index contributed by atoms with van der Waals surface area (Å²) >= 11 is 0. The molecule has 376 valence electrons.